The molecule has 0 aliphatic heterocycles. The number of aromatic nitrogens is 1. The molecule has 0 amide bonds. The van der Waals surface area contributed by atoms with Gasteiger partial charge in [0.05, 0.1) is 29.9 Å². The van der Waals surface area contributed by atoms with E-state index in [4.69, 9.17) is 19.1 Å². The molecule has 1 heterocycles. The van der Waals surface area contributed by atoms with Gasteiger partial charge in [-0.3, -0.25) is 14.4 Å². The maximum atomic E-state index is 14.3. The molecule has 7 rings (SSSR count). The molecule has 1 N–H and O–H groups in total. The van der Waals surface area contributed by atoms with Crippen molar-refractivity contribution in [3.63, 3.8) is 0 Å². The van der Waals surface area contributed by atoms with E-state index in [0.29, 0.717) is 12.5 Å². The van der Waals surface area contributed by atoms with Gasteiger partial charge in [-0.05, 0) is 110 Å². The van der Waals surface area contributed by atoms with Gasteiger partial charge in [-0.25, -0.2) is 0 Å². The Bertz CT molecular complexity index is 1690. The number of ether oxygens (including phenoxy) is 2. The Morgan fingerprint density at radius 1 is 0.920 bits per heavy atom. The molecule has 0 unspecified atom stereocenters. The van der Waals surface area contributed by atoms with Crippen LogP contribution in [0, 0.1) is 44.8 Å². The zero-order valence-corrected chi connectivity index (χ0v) is 30.8. The highest BCUT2D eigenvalue weighted by Crippen LogP contribution is 2.75. The molecular formula is C42H55NO7. The van der Waals surface area contributed by atoms with Crippen LogP contribution in [0.1, 0.15) is 123 Å². The van der Waals surface area contributed by atoms with Crippen LogP contribution in [0.25, 0.3) is 0 Å². The molecular weight excluding hydrogens is 630 g/mol. The standard InChI is InChI=1S/C42H55NO7/c1-37(2)18-20-42(36(47)48-25-27-10-8-7-9-11-27)21-19-40(5)29(30(42)23-37)12-13-32-38(3)22-28-24-43-50-35(28)39(4,31(38)16-17-41(32,40)6)26-49-34(46)15-14-33(44)45/h7-12,24,30-32H,13-23,25-26H2,1-6H3,(H,44,45)/t30-,31+,32+,38-,39-,40+,41+,42-/m0/s1. The van der Waals surface area contributed by atoms with Gasteiger partial charge in [0.15, 0.2) is 0 Å². The number of carbonyl (C=O) groups excluding carboxylic acids is 2. The van der Waals surface area contributed by atoms with Gasteiger partial charge >= 0.3 is 17.9 Å². The lowest BCUT2D eigenvalue weighted by molar-refractivity contribution is -0.185. The van der Waals surface area contributed by atoms with Crippen LogP contribution in [0.5, 0.6) is 0 Å². The summed E-state index contributed by atoms with van der Waals surface area (Å²) in [5.41, 5.74) is 2.47. The number of benzene rings is 1. The van der Waals surface area contributed by atoms with E-state index in [1.807, 2.05) is 36.5 Å². The number of rotatable bonds is 8. The second-order valence-electron chi connectivity index (χ2n) is 18.3. The number of hydrogen-bond acceptors (Lipinski definition) is 7. The van der Waals surface area contributed by atoms with E-state index in [-0.39, 0.29) is 58.9 Å². The zero-order valence-electron chi connectivity index (χ0n) is 30.8. The minimum absolute atomic E-state index is 0.00221. The first-order valence-corrected chi connectivity index (χ1v) is 18.8. The van der Waals surface area contributed by atoms with Crippen LogP contribution in [0.4, 0.5) is 0 Å². The maximum absolute atomic E-state index is 14.3. The Hall–Kier alpha value is -3.42. The van der Waals surface area contributed by atoms with Crippen molar-refractivity contribution in [1.29, 1.82) is 0 Å². The molecule has 8 nitrogen and oxygen atoms in total. The summed E-state index contributed by atoms with van der Waals surface area (Å²) in [7, 11) is 0. The Kier molecular flexibility index (Phi) is 8.46. The van der Waals surface area contributed by atoms with Crippen molar-refractivity contribution in [2.24, 2.45) is 44.8 Å². The second-order valence-corrected chi connectivity index (χ2v) is 18.3. The average molecular weight is 686 g/mol. The number of aliphatic carboxylic acids is 1. The van der Waals surface area contributed by atoms with Gasteiger partial charge in [-0.15, -0.1) is 0 Å². The molecule has 2 aromatic rings. The summed E-state index contributed by atoms with van der Waals surface area (Å²) in [5, 5.41) is 13.3. The van der Waals surface area contributed by atoms with E-state index in [9.17, 15) is 14.4 Å². The molecule has 8 atom stereocenters. The molecule has 5 aliphatic carbocycles. The van der Waals surface area contributed by atoms with E-state index in [1.54, 1.807) is 0 Å². The smallest absolute Gasteiger partial charge is 0.313 e. The van der Waals surface area contributed by atoms with Gasteiger partial charge in [0.1, 0.15) is 19.0 Å². The molecule has 5 aliphatic rings. The van der Waals surface area contributed by atoms with Crippen LogP contribution >= 0.6 is 0 Å². The highest BCUT2D eigenvalue weighted by Gasteiger charge is 2.70. The highest BCUT2D eigenvalue weighted by molar-refractivity contribution is 5.79. The number of carbonyl (C=O) groups is 3. The van der Waals surface area contributed by atoms with Crippen molar-refractivity contribution in [3.8, 4) is 0 Å². The Balaban J connectivity index is 1.22. The third-order valence-electron chi connectivity index (χ3n) is 15.1. The van der Waals surface area contributed by atoms with Gasteiger partial charge in [0.2, 0.25) is 0 Å². The van der Waals surface area contributed by atoms with Crippen molar-refractivity contribution in [3.05, 3.63) is 65.1 Å². The van der Waals surface area contributed by atoms with Crippen LogP contribution in [-0.2, 0) is 42.3 Å². The van der Waals surface area contributed by atoms with E-state index in [2.05, 4.69) is 52.8 Å². The fourth-order valence-corrected chi connectivity index (χ4v) is 12.2. The summed E-state index contributed by atoms with van der Waals surface area (Å²) < 4.78 is 18.0. The monoisotopic (exact) mass is 685 g/mol. The molecule has 0 bridgehead atoms. The second kappa shape index (κ2) is 12.1. The molecule has 1 aromatic carbocycles. The molecule has 3 saturated carbocycles. The largest absolute Gasteiger partial charge is 0.481 e. The first-order valence-electron chi connectivity index (χ1n) is 18.8. The van der Waals surface area contributed by atoms with Gasteiger partial charge < -0.3 is 19.1 Å². The fraction of sp³-hybridized carbons (Fsp3) is 0.667. The van der Waals surface area contributed by atoms with Gasteiger partial charge in [0, 0.05) is 5.56 Å². The Morgan fingerprint density at radius 3 is 2.40 bits per heavy atom. The molecule has 8 heteroatoms. The van der Waals surface area contributed by atoms with Crippen LogP contribution in [0.2, 0.25) is 0 Å². The normalized spacial score (nSPS) is 38.2. The molecule has 0 saturated heterocycles. The average Bonchev–Trinajstić information content (AvgIpc) is 3.55. The number of fused-ring (bicyclic) bond motifs is 8. The van der Waals surface area contributed by atoms with Crippen molar-refractivity contribution in [2.75, 3.05) is 6.61 Å². The van der Waals surface area contributed by atoms with Gasteiger partial charge in [-0.2, -0.15) is 0 Å². The third kappa shape index (κ3) is 5.28. The summed E-state index contributed by atoms with van der Waals surface area (Å²) >= 11 is 0. The van der Waals surface area contributed by atoms with Crippen molar-refractivity contribution in [2.45, 2.75) is 124 Å². The molecule has 50 heavy (non-hydrogen) atoms. The van der Waals surface area contributed by atoms with E-state index < -0.39 is 22.8 Å². The van der Waals surface area contributed by atoms with Crippen LogP contribution in [0.3, 0.4) is 0 Å². The van der Waals surface area contributed by atoms with Crippen LogP contribution < -0.4 is 0 Å². The first-order chi connectivity index (χ1) is 23.6. The first kappa shape index (κ1) is 35.0. The molecule has 0 spiro atoms. The summed E-state index contributed by atoms with van der Waals surface area (Å²) in [6, 6.07) is 10.0. The molecule has 0 radical (unpaired) electrons. The van der Waals surface area contributed by atoms with Crippen molar-refractivity contribution >= 4 is 17.9 Å². The lowest BCUT2D eigenvalue weighted by Crippen LogP contribution is -2.65. The van der Waals surface area contributed by atoms with E-state index in [1.165, 1.54) is 5.57 Å². The van der Waals surface area contributed by atoms with Crippen molar-refractivity contribution < 1.29 is 33.5 Å². The minimum atomic E-state index is -1.01. The van der Waals surface area contributed by atoms with Gasteiger partial charge in [0.25, 0.3) is 0 Å². The lowest BCUT2D eigenvalue weighted by Gasteiger charge is -2.70. The molecule has 3 fully saturated rings. The zero-order chi connectivity index (χ0) is 35.7. The molecule has 270 valence electrons. The quantitative estimate of drug-likeness (QED) is 0.217. The van der Waals surface area contributed by atoms with Gasteiger partial charge in [-0.1, -0.05) is 81.8 Å². The summed E-state index contributed by atoms with van der Waals surface area (Å²) in [5.74, 6) is -0.0267. The summed E-state index contributed by atoms with van der Waals surface area (Å²) in [6.07, 6.45) is 12.5. The summed E-state index contributed by atoms with van der Waals surface area (Å²) in [6.45, 7) is 14.8. The maximum Gasteiger partial charge on any atom is 0.313 e. The number of esters is 2. The predicted molar refractivity (Wildman–Crippen MR) is 188 cm³/mol. The Labute approximate surface area is 296 Å². The Morgan fingerprint density at radius 2 is 1.66 bits per heavy atom. The summed E-state index contributed by atoms with van der Waals surface area (Å²) in [4.78, 5) is 38.1. The topological polar surface area (TPSA) is 116 Å². The van der Waals surface area contributed by atoms with Crippen LogP contribution in [0.15, 0.2) is 52.7 Å². The van der Waals surface area contributed by atoms with E-state index >= 15 is 0 Å². The number of hydrogen-bond donors (Lipinski definition) is 1. The number of carboxylic acids is 1. The van der Waals surface area contributed by atoms with Crippen LogP contribution in [-0.4, -0.2) is 34.8 Å². The number of allylic oxidation sites excluding steroid dienone is 2. The SMILES string of the molecule is CC1(C)CC[C@]2(C(=O)OCc3ccccc3)CC[C@]3(C)C(=CC[C@@H]4[C@@]5(C)Cc6cnoc6[C@@](C)(COC(=O)CCC(=O)O)[C@@H]5CC[C@]43C)[C@@H]2C1. The molecule has 1 aromatic heterocycles. The predicted octanol–water partition coefficient (Wildman–Crippen LogP) is 8.62. The van der Waals surface area contributed by atoms with Crippen molar-refractivity contribution in [1.82, 2.24) is 5.16 Å². The number of carboxylic acid groups (broad SMARTS) is 1. The fourth-order valence-electron chi connectivity index (χ4n) is 12.2. The highest BCUT2D eigenvalue weighted by atomic mass is 16.5. The van der Waals surface area contributed by atoms with E-state index in [0.717, 1.165) is 74.7 Å². The third-order valence-corrected chi connectivity index (χ3v) is 15.1. The minimum Gasteiger partial charge on any atom is -0.481 e. The number of nitrogens with zero attached hydrogens (tertiary/aromatic N) is 1. The lowest BCUT2D eigenvalue weighted by atomic mass is 9.33.